The van der Waals surface area contributed by atoms with E-state index in [1.54, 1.807) is 0 Å². The summed E-state index contributed by atoms with van der Waals surface area (Å²) in [7, 11) is 0. The van der Waals surface area contributed by atoms with Gasteiger partial charge >= 0.3 is 0 Å². The molecule has 0 radical (unpaired) electrons. The van der Waals surface area contributed by atoms with Crippen molar-refractivity contribution in [2.24, 2.45) is 5.73 Å². The number of fused-ring (bicyclic) bond motifs is 1. The van der Waals surface area contributed by atoms with E-state index in [9.17, 15) is 0 Å². The highest BCUT2D eigenvalue weighted by molar-refractivity contribution is 5.78. The highest BCUT2D eigenvalue weighted by Crippen LogP contribution is 2.21. The molecular formula is C20H25N3. The number of aryl methyl sites for hydroxylation is 5. The van der Waals surface area contributed by atoms with Crippen molar-refractivity contribution in [2.45, 2.75) is 40.2 Å². The van der Waals surface area contributed by atoms with Gasteiger partial charge in [-0.25, -0.2) is 4.98 Å². The normalized spacial score (nSPS) is 11.3. The molecule has 23 heavy (non-hydrogen) atoms. The summed E-state index contributed by atoms with van der Waals surface area (Å²) in [6.07, 6.45) is 1.95. The van der Waals surface area contributed by atoms with Crippen molar-refractivity contribution in [3.05, 3.63) is 64.5 Å². The summed E-state index contributed by atoms with van der Waals surface area (Å²) in [6.45, 7) is 7.87. The first-order valence-corrected chi connectivity index (χ1v) is 8.30. The second-order valence-corrected chi connectivity index (χ2v) is 6.38. The van der Waals surface area contributed by atoms with E-state index in [1.165, 1.54) is 27.8 Å². The summed E-state index contributed by atoms with van der Waals surface area (Å²) in [5, 5.41) is 0. The van der Waals surface area contributed by atoms with Crippen LogP contribution in [0.1, 0.15) is 28.1 Å². The molecule has 1 aromatic heterocycles. The minimum absolute atomic E-state index is 0.635. The first-order valence-electron chi connectivity index (χ1n) is 8.30. The van der Waals surface area contributed by atoms with Crippen molar-refractivity contribution in [3.8, 4) is 0 Å². The second-order valence-electron chi connectivity index (χ2n) is 6.38. The van der Waals surface area contributed by atoms with Gasteiger partial charge in [0.15, 0.2) is 0 Å². The molecule has 0 aliphatic carbocycles. The summed E-state index contributed by atoms with van der Waals surface area (Å²) in [4.78, 5) is 4.87. The highest BCUT2D eigenvalue weighted by Gasteiger charge is 2.11. The molecule has 3 rings (SSSR count). The Morgan fingerprint density at radius 3 is 2.35 bits per heavy atom. The van der Waals surface area contributed by atoms with Gasteiger partial charge in [0.1, 0.15) is 5.82 Å². The van der Waals surface area contributed by atoms with Crippen LogP contribution in [0.4, 0.5) is 0 Å². The lowest BCUT2D eigenvalue weighted by atomic mass is 10.1. The van der Waals surface area contributed by atoms with Crippen LogP contribution in [-0.2, 0) is 19.4 Å². The topological polar surface area (TPSA) is 43.8 Å². The molecule has 0 bridgehead atoms. The Kier molecular flexibility index (Phi) is 4.49. The molecule has 0 saturated carbocycles. The van der Waals surface area contributed by atoms with Gasteiger partial charge in [0.2, 0.25) is 0 Å². The van der Waals surface area contributed by atoms with Gasteiger partial charge in [-0.2, -0.15) is 0 Å². The van der Waals surface area contributed by atoms with Crippen LogP contribution in [0.3, 0.4) is 0 Å². The average Bonchev–Trinajstić information content (AvgIpc) is 2.85. The van der Waals surface area contributed by atoms with Gasteiger partial charge in [-0.05, 0) is 56.0 Å². The minimum Gasteiger partial charge on any atom is -0.329 e. The second kappa shape index (κ2) is 6.55. The summed E-state index contributed by atoms with van der Waals surface area (Å²) in [5.74, 6) is 1.14. The first-order chi connectivity index (χ1) is 11.1. The molecule has 2 aromatic carbocycles. The van der Waals surface area contributed by atoms with E-state index in [2.05, 4.69) is 61.7 Å². The van der Waals surface area contributed by atoms with E-state index in [4.69, 9.17) is 10.7 Å². The molecule has 0 amide bonds. The number of benzene rings is 2. The fourth-order valence-electron chi connectivity index (χ4n) is 3.01. The van der Waals surface area contributed by atoms with Gasteiger partial charge in [-0.1, -0.05) is 29.8 Å². The lowest BCUT2D eigenvalue weighted by Gasteiger charge is -2.09. The molecule has 3 heteroatoms. The van der Waals surface area contributed by atoms with Crippen LogP contribution in [0.2, 0.25) is 0 Å². The Morgan fingerprint density at radius 2 is 1.65 bits per heavy atom. The van der Waals surface area contributed by atoms with E-state index in [0.29, 0.717) is 6.54 Å². The molecule has 3 nitrogen and oxygen atoms in total. The maximum Gasteiger partial charge on any atom is 0.110 e. The van der Waals surface area contributed by atoms with Crippen LogP contribution in [-0.4, -0.2) is 16.1 Å². The number of rotatable bonds is 5. The molecular weight excluding hydrogens is 282 g/mol. The molecule has 0 fully saturated rings. The third kappa shape index (κ3) is 3.30. The standard InChI is InChI=1S/C20H25N3/c1-14-4-6-17(7-5-14)8-9-20-22-18-12-15(2)16(3)13-19(18)23(20)11-10-21/h4-7,12-13H,8-11,21H2,1-3H3. The van der Waals surface area contributed by atoms with Crippen LogP contribution < -0.4 is 5.73 Å². The van der Waals surface area contributed by atoms with E-state index < -0.39 is 0 Å². The number of aromatic nitrogens is 2. The summed E-state index contributed by atoms with van der Waals surface area (Å²) in [6, 6.07) is 13.2. The monoisotopic (exact) mass is 307 g/mol. The Hall–Kier alpha value is -2.13. The van der Waals surface area contributed by atoms with Crippen molar-refractivity contribution < 1.29 is 0 Å². The van der Waals surface area contributed by atoms with Gasteiger partial charge < -0.3 is 10.3 Å². The Bertz CT molecular complexity index is 813. The van der Waals surface area contributed by atoms with Crippen molar-refractivity contribution in [1.29, 1.82) is 0 Å². The van der Waals surface area contributed by atoms with Gasteiger partial charge in [0.05, 0.1) is 11.0 Å². The summed E-state index contributed by atoms with van der Waals surface area (Å²) >= 11 is 0. The zero-order chi connectivity index (χ0) is 16.4. The Labute approximate surface area is 138 Å². The lowest BCUT2D eigenvalue weighted by molar-refractivity contribution is 0.672. The fraction of sp³-hybridized carbons (Fsp3) is 0.350. The SMILES string of the molecule is Cc1ccc(CCc2nc3cc(C)c(C)cc3n2CCN)cc1. The molecule has 0 atom stereocenters. The zero-order valence-electron chi connectivity index (χ0n) is 14.3. The first kappa shape index (κ1) is 15.8. The fourth-order valence-corrected chi connectivity index (χ4v) is 3.01. The van der Waals surface area contributed by atoms with Gasteiger partial charge in [-0.15, -0.1) is 0 Å². The predicted molar refractivity (Wildman–Crippen MR) is 96.8 cm³/mol. The van der Waals surface area contributed by atoms with E-state index in [0.717, 1.165) is 30.7 Å². The number of nitrogens with two attached hydrogens (primary N) is 1. The Balaban J connectivity index is 1.92. The van der Waals surface area contributed by atoms with E-state index in [-0.39, 0.29) is 0 Å². The van der Waals surface area contributed by atoms with Crippen LogP contribution in [0.5, 0.6) is 0 Å². The number of imidazole rings is 1. The largest absolute Gasteiger partial charge is 0.329 e. The summed E-state index contributed by atoms with van der Waals surface area (Å²) < 4.78 is 2.29. The smallest absolute Gasteiger partial charge is 0.110 e. The molecule has 2 N–H and O–H groups in total. The third-order valence-electron chi connectivity index (χ3n) is 4.55. The van der Waals surface area contributed by atoms with Gasteiger partial charge in [0.25, 0.3) is 0 Å². The van der Waals surface area contributed by atoms with Crippen molar-refractivity contribution in [2.75, 3.05) is 6.54 Å². The Morgan fingerprint density at radius 1 is 0.957 bits per heavy atom. The average molecular weight is 307 g/mol. The minimum atomic E-state index is 0.635. The molecule has 120 valence electrons. The van der Waals surface area contributed by atoms with E-state index in [1.807, 2.05) is 0 Å². The number of nitrogens with zero attached hydrogens (tertiary/aromatic N) is 2. The van der Waals surface area contributed by atoms with Crippen molar-refractivity contribution in [1.82, 2.24) is 9.55 Å². The van der Waals surface area contributed by atoms with Crippen molar-refractivity contribution in [3.63, 3.8) is 0 Å². The van der Waals surface area contributed by atoms with Crippen LogP contribution in [0.15, 0.2) is 36.4 Å². The predicted octanol–water partition coefficient (Wildman–Crippen LogP) is 3.71. The molecule has 0 aliphatic rings. The highest BCUT2D eigenvalue weighted by atomic mass is 15.1. The molecule has 0 spiro atoms. The molecule has 0 saturated heterocycles. The van der Waals surface area contributed by atoms with E-state index >= 15 is 0 Å². The molecule has 1 heterocycles. The quantitative estimate of drug-likeness (QED) is 0.781. The zero-order valence-corrected chi connectivity index (χ0v) is 14.3. The molecule has 0 unspecified atom stereocenters. The number of hydrogen-bond acceptors (Lipinski definition) is 2. The van der Waals surface area contributed by atoms with Crippen LogP contribution in [0, 0.1) is 20.8 Å². The molecule has 0 aliphatic heterocycles. The van der Waals surface area contributed by atoms with Gasteiger partial charge in [0, 0.05) is 19.5 Å². The maximum absolute atomic E-state index is 5.82. The third-order valence-corrected chi connectivity index (χ3v) is 4.55. The van der Waals surface area contributed by atoms with Crippen LogP contribution in [0.25, 0.3) is 11.0 Å². The molecule has 3 aromatic rings. The maximum atomic E-state index is 5.82. The number of hydrogen-bond donors (Lipinski definition) is 1. The van der Waals surface area contributed by atoms with Gasteiger partial charge in [-0.3, -0.25) is 0 Å². The summed E-state index contributed by atoms with van der Waals surface area (Å²) in [5.41, 5.74) is 13.4. The van der Waals surface area contributed by atoms with Crippen molar-refractivity contribution >= 4 is 11.0 Å². The van der Waals surface area contributed by atoms with Crippen LogP contribution >= 0.6 is 0 Å². The lowest BCUT2D eigenvalue weighted by Crippen LogP contribution is -2.13.